The molecule has 32 heavy (non-hydrogen) atoms. The molecule has 0 fully saturated rings. The summed E-state index contributed by atoms with van der Waals surface area (Å²) in [6.45, 7) is 4.35. The summed E-state index contributed by atoms with van der Waals surface area (Å²) in [6, 6.07) is 20.7. The summed E-state index contributed by atoms with van der Waals surface area (Å²) in [5.41, 5.74) is 5.28. The Morgan fingerprint density at radius 1 is 1.06 bits per heavy atom. The molecule has 1 aliphatic heterocycles. The lowest BCUT2D eigenvalue weighted by Gasteiger charge is -2.23. The summed E-state index contributed by atoms with van der Waals surface area (Å²) in [5, 5.41) is 5.73. The van der Waals surface area contributed by atoms with E-state index in [1.165, 1.54) is 0 Å². The molecule has 3 aromatic carbocycles. The van der Waals surface area contributed by atoms with Crippen molar-refractivity contribution in [3.63, 3.8) is 0 Å². The van der Waals surface area contributed by atoms with Gasteiger partial charge in [0.2, 0.25) is 0 Å². The van der Waals surface area contributed by atoms with Gasteiger partial charge in [0.05, 0.1) is 12.8 Å². The molecule has 1 atom stereocenters. The van der Waals surface area contributed by atoms with E-state index in [0.29, 0.717) is 23.5 Å². The fourth-order valence-corrected chi connectivity index (χ4v) is 4.06. The summed E-state index contributed by atoms with van der Waals surface area (Å²) in [5.74, 6) is 0.596. The second-order valence-corrected chi connectivity index (χ2v) is 8.07. The summed E-state index contributed by atoms with van der Waals surface area (Å²) in [7, 11) is 1.57. The van der Waals surface area contributed by atoms with Crippen molar-refractivity contribution < 1.29 is 14.3 Å². The van der Waals surface area contributed by atoms with Crippen molar-refractivity contribution in [2.75, 3.05) is 17.3 Å². The van der Waals surface area contributed by atoms with Gasteiger partial charge in [-0.25, -0.2) is 4.79 Å². The molecule has 4 rings (SSSR count). The Balaban J connectivity index is 1.47. The number of aryl methyl sites for hydroxylation is 1. The van der Waals surface area contributed by atoms with Crippen LogP contribution < -0.4 is 20.3 Å². The third-order valence-corrected chi connectivity index (χ3v) is 5.66. The fourth-order valence-electron chi connectivity index (χ4n) is 4.06. The maximum Gasteiger partial charge on any atom is 0.319 e. The highest BCUT2D eigenvalue weighted by molar-refractivity contribution is 6.07. The monoisotopic (exact) mass is 429 g/mol. The minimum atomic E-state index is -0.319. The summed E-state index contributed by atoms with van der Waals surface area (Å²) >= 11 is 0. The molecule has 164 valence electrons. The lowest BCUT2D eigenvalue weighted by Crippen LogP contribution is -2.35. The molecule has 0 saturated heterocycles. The summed E-state index contributed by atoms with van der Waals surface area (Å²) in [4.78, 5) is 27.4. The van der Waals surface area contributed by atoms with Gasteiger partial charge in [0.1, 0.15) is 5.75 Å². The van der Waals surface area contributed by atoms with Crippen LogP contribution in [-0.2, 0) is 13.0 Å². The summed E-state index contributed by atoms with van der Waals surface area (Å²) in [6.07, 6.45) is 0.815. The molecule has 1 aliphatic rings. The number of carbonyl (C=O) groups excluding carboxylic acids is 2. The van der Waals surface area contributed by atoms with E-state index in [2.05, 4.69) is 17.6 Å². The van der Waals surface area contributed by atoms with E-state index in [1.807, 2.05) is 78.6 Å². The van der Waals surface area contributed by atoms with Crippen LogP contribution in [-0.4, -0.2) is 25.1 Å². The van der Waals surface area contributed by atoms with Crippen molar-refractivity contribution in [1.82, 2.24) is 5.32 Å². The number of rotatable bonds is 5. The van der Waals surface area contributed by atoms with E-state index in [1.54, 1.807) is 7.11 Å². The lowest BCUT2D eigenvalue weighted by molar-refractivity contribution is 0.0981. The number of urea groups is 1. The Morgan fingerprint density at radius 2 is 1.84 bits per heavy atom. The number of nitrogens with zero attached hydrogens (tertiary/aromatic N) is 1. The van der Waals surface area contributed by atoms with Gasteiger partial charge in [0, 0.05) is 23.8 Å². The predicted octanol–water partition coefficient (Wildman–Crippen LogP) is 4.92. The molecular weight excluding hydrogens is 402 g/mol. The quantitative estimate of drug-likeness (QED) is 0.605. The Morgan fingerprint density at radius 3 is 2.59 bits per heavy atom. The second-order valence-electron chi connectivity index (χ2n) is 8.07. The maximum absolute atomic E-state index is 13.1. The molecule has 3 aromatic rings. The van der Waals surface area contributed by atoms with E-state index in [0.717, 1.165) is 28.8 Å². The molecule has 0 unspecified atom stereocenters. The van der Waals surface area contributed by atoms with Crippen LogP contribution in [0.2, 0.25) is 0 Å². The highest BCUT2D eigenvalue weighted by atomic mass is 16.5. The van der Waals surface area contributed by atoms with Crippen molar-refractivity contribution in [2.24, 2.45) is 0 Å². The van der Waals surface area contributed by atoms with Gasteiger partial charge in [-0.05, 0) is 67.3 Å². The molecule has 0 aliphatic carbocycles. The normalized spacial score (nSPS) is 14.6. The van der Waals surface area contributed by atoms with Gasteiger partial charge in [-0.15, -0.1) is 0 Å². The standard InChI is InChI=1S/C26H27N3O3/c1-17-9-12-24(32-3)22(13-17)28-26(31)27-16-19-10-11-21-14-18(2)29(23(21)15-19)25(30)20-7-5-4-6-8-20/h4-13,15,18H,14,16H2,1-3H3,(H2,27,28,31)/t18-/m0/s1. The third kappa shape index (κ3) is 4.44. The van der Waals surface area contributed by atoms with Crippen molar-refractivity contribution in [3.8, 4) is 5.75 Å². The van der Waals surface area contributed by atoms with E-state index in [-0.39, 0.29) is 18.0 Å². The maximum atomic E-state index is 13.1. The smallest absolute Gasteiger partial charge is 0.319 e. The molecule has 0 radical (unpaired) electrons. The minimum Gasteiger partial charge on any atom is -0.495 e. The van der Waals surface area contributed by atoms with E-state index in [4.69, 9.17) is 4.74 Å². The third-order valence-electron chi connectivity index (χ3n) is 5.66. The number of methoxy groups -OCH3 is 1. The first-order valence-corrected chi connectivity index (χ1v) is 10.7. The number of hydrogen-bond acceptors (Lipinski definition) is 3. The largest absolute Gasteiger partial charge is 0.495 e. The molecule has 2 N–H and O–H groups in total. The molecule has 0 aromatic heterocycles. The average molecular weight is 430 g/mol. The molecule has 1 heterocycles. The van der Waals surface area contributed by atoms with Crippen molar-refractivity contribution in [1.29, 1.82) is 0 Å². The van der Waals surface area contributed by atoms with Gasteiger partial charge in [0.25, 0.3) is 5.91 Å². The van der Waals surface area contributed by atoms with Crippen molar-refractivity contribution >= 4 is 23.3 Å². The molecule has 0 spiro atoms. The van der Waals surface area contributed by atoms with Crippen LogP contribution in [0.3, 0.4) is 0 Å². The fraction of sp³-hybridized carbons (Fsp3) is 0.231. The average Bonchev–Trinajstić information content (AvgIpc) is 3.13. The van der Waals surface area contributed by atoms with Gasteiger partial charge < -0.3 is 20.3 Å². The molecule has 6 nitrogen and oxygen atoms in total. The van der Waals surface area contributed by atoms with Crippen molar-refractivity contribution in [3.05, 3.63) is 89.0 Å². The van der Waals surface area contributed by atoms with E-state index >= 15 is 0 Å². The Bertz CT molecular complexity index is 1140. The zero-order chi connectivity index (χ0) is 22.7. The van der Waals surface area contributed by atoms with Crippen LogP contribution in [0.1, 0.15) is 34.0 Å². The Hall–Kier alpha value is -3.80. The van der Waals surface area contributed by atoms with Gasteiger partial charge in [-0.2, -0.15) is 0 Å². The first-order chi connectivity index (χ1) is 15.5. The molecule has 0 saturated carbocycles. The Kier molecular flexibility index (Phi) is 6.12. The highest BCUT2D eigenvalue weighted by Gasteiger charge is 2.31. The first kappa shape index (κ1) is 21.4. The van der Waals surface area contributed by atoms with Gasteiger partial charge in [-0.3, -0.25) is 4.79 Å². The molecular formula is C26H27N3O3. The number of benzene rings is 3. The second kappa shape index (κ2) is 9.14. The topological polar surface area (TPSA) is 70.7 Å². The number of hydrogen-bond donors (Lipinski definition) is 2. The van der Waals surface area contributed by atoms with E-state index in [9.17, 15) is 9.59 Å². The zero-order valence-corrected chi connectivity index (χ0v) is 18.5. The van der Waals surface area contributed by atoms with Crippen LogP contribution >= 0.6 is 0 Å². The van der Waals surface area contributed by atoms with Crippen LogP contribution in [0.15, 0.2) is 66.7 Å². The molecule has 0 bridgehead atoms. The van der Waals surface area contributed by atoms with Crippen LogP contribution in [0.4, 0.5) is 16.2 Å². The van der Waals surface area contributed by atoms with E-state index < -0.39 is 0 Å². The number of anilines is 2. The lowest BCUT2D eigenvalue weighted by atomic mass is 10.1. The van der Waals surface area contributed by atoms with Gasteiger partial charge >= 0.3 is 6.03 Å². The van der Waals surface area contributed by atoms with Crippen LogP contribution in [0.5, 0.6) is 5.75 Å². The van der Waals surface area contributed by atoms with Crippen LogP contribution in [0.25, 0.3) is 0 Å². The number of nitrogens with one attached hydrogen (secondary N) is 2. The molecule has 6 heteroatoms. The molecule has 3 amide bonds. The first-order valence-electron chi connectivity index (χ1n) is 10.7. The minimum absolute atomic E-state index is 0.00811. The number of carbonyl (C=O) groups is 2. The summed E-state index contributed by atoms with van der Waals surface area (Å²) < 4.78 is 5.32. The number of ether oxygens (including phenoxy) is 1. The predicted molar refractivity (Wildman–Crippen MR) is 126 cm³/mol. The highest BCUT2D eigenvalue weighted by Crippen LogP contribution is 2.34. The van der Waals surface area contributed by atoms with Gasteiger partial charge in [0.15, 0.2) is 0 Å². The van der Waals surface area contributed by atoms with Crippen molar-refractivity contribution in [2.45, 2.75) is 32.9 Å². The van der Waals surface area contributed by atoms with Gasteiger partial charge in [-0.1, -0.05) is 36.4 Å². The Labute approximate surface area is 188 Å². The van der Waals surface area contributed by atoms with Crippen LogP contribution in [0, 0.1) is 6.92 Å². The number of amides is 3. The number of fused-ring (bicyclic) bond motifs is 1. The zero-order valence-electron chi connectivity index (χ0n) is 18.5. The SMILES string of the molecule is COc1ccc(C)cc1NC(=O)NCc1ccc2c(c1)N(C(=O)c1ccccc1)[C@@H](C)C2.